The number of rotatable bonds is 8. The highest BCUT2D eigenvalue weighted by atomic mass is 16.5. The first-order chi connectivity index (χ1) is 19.4. The number of nitrogens with one attached hydrogen (secondary N) is 3. The van der Waals surface area contributed by atoms with Gasteiger partial charge in [-0.05, 0) is 84.4 Å². The van der Waals surface area contributed by atoms with Crippen molar-refractivity contribution in [1.29, 1.82) is 0 Å². The SMILES string of the molecule is COc1cccc(C=NNC(=O)c2ccc(C(=O)Nc3ccc4nc(-c5ccc(N(C)C)cc5)[nH]c4c3)cc2)c1. The average molecular weight is 533 g/mol. The molecule has 9 heteroatoms. The van der Waals surface area contributed by atoms with Gasteiger partial charge in [0.25, 0.3) is 11.8 Å². The fourth-order valence-electron chi connectivity index (χ4n) is 4.07. The van der Waals surface area contributed by atoms with Crippen LogP contribution in [0.3, 0.4) is 0 Å². The quantitative estimate of drug-likeness (QED) is 0.185. The van der Waals surface area contributed by atoms with Crippen molar-refractivity contribution in [3.8, 4) is 17.1 Å². The zero-order chi connectivity index (χ0) is 28.1. The van der Waals surface area contributed by atoms with Crippen molar-refractivity contribution in [2.45, 2.75) is 0 Å². The van der Waals surface area contributed by atoms with Crippen molar-refractivity contribution in [2.24, 2.45) is 5.10 Å². The second-order valence-electron chi connectivity index (χ2n) is 9.27. The number of hydrogen-bond acceptors (Lipinski definition) is 6. The molecule has 0 bridgehead atoms. The molecule has 0 unspecified atom stereocenters. The maximum absolute atomic E-state index is 12.9. The van der Waals surface area contributed by atoms with Gasteiger partial charge < -0.3 is 19.9 Å². The molecule has 0 atom stereocenters. The number of imidazole rings is 1. The summed E-state index contributed by atoms with van der Waals surface area (Å²) in [5, 5.41) is 6.90. The van der Waals surface area contributed by atoms with Gasteiger partial charge in [0.15, 0.2) is 0 Å². The number of fused-ring (bicyclic) bond motifs is 1. The molecule has 200 valence electrons. The maximum Gasteiger partial charge on any atom is 0.271 e. The summed E-state index contributed by atoms with van der Waals surface area (Å²) in [6, 6.07) is 27.3. The van der Waals surface area contributed by atoms with Gasteiger partial charge in [-0.2, -0.15) is 5.10 Å². The Hall–Kier alpha value is -5.44. The number of aromatic amines is 1. The lowest BCUT2D eigenvalue weighted by Gasteiger charge is -2.11. The van der Waals surface area contributed by atoms with Crippen LogP contribution < -0.4 is 20.4 Å². The fraction of sp³-hybridized carbons (Fsp3) is 0.0968. The van der Waals surface area contributed by atoms with Gasteiger partial charge in [-0.15, -0.1) is 0 Å². The number of hydrogen-bond donors (Lipinski definition) is 3. The topological polar surface area (TPSA) is 112 Å². The van der Waals surface area contributed by atoms with E-state index in [0.717, 1.165) is 33.7 Å². The van der Waals surface area contributed by atoms with Crippen LogP contribution in [0.25, 0.3) is 22.4 Å². The maximum atomic E-state index is 12.9. The lowest BCUT2D eigenvalue weighted by atomic mass is 10.1. The van der Waals surface area contributed by atoms with E-state index in [1.165, 1.54) is 6.21 Å². The van der Waals surface area contributed by atoms with E-state index in [1.807, 2.05) is 79.7 Å². The molecular weight excluding hydrogens is 504 g/mol. The van der Waals surface area contributed by atoms with E-state index in [0.29, 0.717) is 22.6 Å². The number of amides is 2. The van der Waals surface area contributed by atoms with Gasteiger partial charge in [-0.1, -0.05) is 12.1 Å². The second-order valence-corrected chi connectivity index (χ2v) is 9.27. The molecular formula is C31H28N6O3. The standard InChI is InChI=1S/C31H28N6O3/c1-37(2)25-14-11-21(12-15-25)29-34-27-16-13-24(18-28(27)35-29)33-30(38)22-7-9-23(10-8-22)31(39)36-32-19-20-5-4-6-26(17-20)40-3/h4-19H,1-3H3,(H,33,38)(H,34,35)(H,36,39). The Morgan fingerprint density at radius 2 is 1.62 bits per heavy atom. The molecule has 0 aliphatic carbocycles. The number of benzene rings is 4. The fourth-order valence-corrected chi connectivity index (χ4v) is 4.07. The van der Waals surface area contributed by atoms with E-state index < -0.39 is 0 Å². The highest BCUT2D eigenvalue weighted by Crippen LogP contribution is 2.25. The van der Waals surface area contributed by atoms with Crippen LogP contribution in [0.15, 0.2) is 96.1 Å². The van der Waals surface area contributed by atoms with Crippen LogP contribution in [0.1, 0.15) is 26.3 Å². The van der Waals surface area contributed by atoms with Gasteiger partial charge in [-0.25, -0.2) is 10.4 Å². The molecule has 1 aromatic heterocycles. The van der Waals surface area contributed by atoms with Gasteiger partial charge in [0, 0.05) is 42.2 Å². The first kappa shape index (κ1) is 26.2. The van der Waals surface area contributed by atoms with Gasteiger partial charge in [0.1, 0.15) is 11.6 Å². The Bertz CT molecular complexity index is 1690. The van der Waals surface area contributed by atoms with Crippen LogP contribution >= 0.6 is 0 Å². The Balaban J connectivity index is 1.21. The summed E-state index contributed by atoms with van der Waals surface area (Å²) in [5.41, 5.74) is 8.40. The Morgan fingerprint density at radius 3 is 2.33 bits per heavy atom. The van der Waals surface area contributed by atoms with Gasteiger partial charge in [-0.3, -0.25) is 9.59 Å². The highest BCUT2D eigenvalue weighted by molar-refractivity contribution is 6.05. The number of H-pyrrole nitrogens is 1. The molecule has 5 aromatic rings. The molecule has 0 aliphatic heterocycles. The zero-order valence-electron chi connectivity index (χ0n) is 22.3. The van der Waals surface area contributed by atoms with Crippen molar-refractivity contribution in [3.63, 3.8) is 0 Å². The van der Waals surface area contributed by atoms with Crippen molar-refractivity contribution in [2.75, 3.05) is 31.4 Å². The number of methoxy groups -OCH3 is 1. The van der Waals surface area contributed by atoms with E-state index in [2.05, 4.69) is 25.8 Å². The van der Waals surface area contributed by atoms with E-state index in [-0.39, 0.29) is 11.8 Å². The summed E-state index contributed by atoms with van der Waals surface area (Å²) in [5.74, 6) is 0.777. The molecule has 0 saturated heterocycles. The Kier molecular flexibility index (Phi) is 7.54. The molecule has 40 heavy (non-hydrogen) atoms. The number of anilines is 2. The number of carbonyl (C=O) groups is 2. The lowest BCUT2D eigenvalue weighted by Crippen LogP contribution is -2.18. The third-order valence-corrected chi connectivity index (χ3v) is 6.28. The normalized spacial score (nSPS) is 11.0. The van der Waals surface area contributed by atoms with Crippen LogP contribution in [0.2, 0.25) is 0 Å². The first-order valence-corrected chi connectivity index (χ1v) is 12.6. The van der Waals surface area contributed by atoms with Crippen molar-refractivity contribution in [1.82, 2.24) is 15.4 Å². The van der Waals surface area contributed by atoms with Crippen LogP contribution in [-0.2, 0) is 0 Å². The molecule has 1 heterocycles. The molecule has 0 radical (unpaired) electrons. The summed E-state index contributed by atoms with van der Waals surface area (Å²) >= 11 is 0. The van der Waals surface area contributed by atoms with E-state index in [9.17, 15) is 9.59 Å². The van der Waals surface area contributed by atoms with Crippen molar-refractivity contribution >= 4 is 40.4 Å². The first-order valence-electron chi connectivity index (χ1n) is 12.6. The lowest BCUT2D eigenvalue weighted by molar-refractivity contribution is 0.0953. The summed E-state index contributed by atoms with van der Waals surface area (Å²) in [4.78, 5) is 35.3. The van der Waals surface area contributed by atoms with Crippen molar-refractivity contribution < 1.29 is 14.3 Å². The molecule has 0 spiro atoms. The van der Waals surface area contributed by atoms with Crippen molar-refractivity contribution in [3.05, 3.63) is 108 Å². The van der Waals surface area contributed by atoms with E-state index >= 15 is 0 Å². The third kappa shape index (κ3) is 5.99. The third-order valence-electron chi connectivity index (χ3n) is 6.28. The number of nitrogens with zero attached hydrogens (tertiary/aromatic N) is 3. The van der Waals surface area contributed by atoms with Gasteiger partial charge in [0.2, 0.25) is 0 Å². The monoisotopic (exact) mass is 532 g/mol. The molecule has 0 saturated carbocycles. The summed E-state index contributed by atoms with van der Waals surface area (Å²) in [7, 11) is 5.58. The number of ether oxygens (including phenoxy) is 1. The summed E-state index contributed by atoms with van der Waals surface area (Å²) in [6.07, 6.45) is 1.53. The van der Waals surface area contributed by atoms with Gasteiger partial charge in [0.05, 0.1) is 24.4 Å². The number of carbonyl (C=O) groups excluding carboxylic acids is 2. The average Bonchev–Trinajstić information content (AvgIpc) is 3.41. The molecule has 5 rings (SSSR count). The minimum atomic E-state index is -0.386. The molecule has 0 aliphatic rings. The van der Waals surface area contributed by atoms with Crippen LogP contribution in [0, 0.1) is 0 Å². The van der Waals surface area contributed by atoms with Crippen LogP contribution in [0.5, 0.6) is 5.75 Å². The number of hydrazone groups is 1. The predicted octanol–water partition coefficient (Wildman–Crippen LogP) is 5.32. The largest absolute Gasteiger partial charge is 0.497 e. The predicted molar refractivity (Wildman–Crippen MR) is 158 cm³/mol. The summed E-state index contributed by atoms with van der Waals surface area (Å²) < 4.78 is 5.18. The number of aromatic nitrogens is 2. The van der Waals surface area contributed by atoms with Crippen LogP contribution in [0.4, 0.5) is 11.4 Å². The second kappa shape index (κ2) is 11.5. The van der Waals surface area contributed by atoms with Crippen LogP contribution in [-0.4, -0.2) is 49.2 Å². The minimum Gasteiger partial charge on any atom is -0.497 e. The molecule has 0 fully saturated rings. The van der Waals surface area contributed by atoms with E-state index in [1.54, 1.807) is 37.4 Å². The molecule has 4 aromatic carbocycles. The zero-order valence-corrected chi connectivity index (χ0v) is 22.3. The highest BCUT2D eigenvalue weighted by Gasteiger charge is 2.11. The van der Waals surface area contributed by atoms with E-state index in [4.69, 9.17) is 4.74 Å². The molecule has 2 amide bonds. The Labute approximate surface area is 231 Å². The molecule has 3 N–H and O–H groups in total. The summed E-state index contributed by atoms with van der Waals surface area (Å²) in [6.45, 7) is 0. The van der Waals surface area contributed by atoms with Gasteiger partial charge >= 0.3 is 0 Å². The Morgan fingerprint density at radius 1 is 0.900 bits per heavy atom. The smallest absolute Gasteiger partial charge is 0.271 e. The molecule has 9 nitrogen and oxygen atoms in total. The minimum absolute atomic E-state index is 0.290.